The first kappa shape index (κ1) is 13.7. The maximum atomic E-state index is 13.6. The van der Waals surface area contributed by atoms with Gasteiger partial charge < -0.3 is 5.11 Å². The van der Waals surface area contributed by atoms with Crippen molar-refractivity contribution < 1.29 is 17.9 Å². The highest BCUT2D eigenvalue weighted by Crippen LogP contribution is 2.27. The molecule has 0 spiro atoms. The Morgan fingerprint density at radius 3 is 2.72 bits per heavy atom. The van der Waals surface area contributed by atoms with Crippen LogP contribution in [0.2, 0.25) is 5.02 Å². The van der Waals surface area contributed by atoms with Gasteiger partial charge in [-0.3, -0.25) is 0 Å². The van der Waals surface area contributed by atoms with E-state index < -0.39 is 20.7 Å². The molecule has 18 heavy (non-hydrogen) atoms. The maximum Gasteiger partial charge on any atom is 0.243 e. The summed E-state index contributed by atoms with van der Waals surface area (Å²) >= 11 is 5.54. The first-order valence-electron chi connectivity index (χ1n) is 5.52. The second-order valence-corrected chi connectivity index (χ2v) is 6.54. The van der Waals surface area contributed by atoms with Gasteiger partial charge in [-0.25, -0.2) is 17.5 Å². The van der Waals surface area contributed by atoms with Crippen molar-refractivity contribution in [1.29, 1.82) is 0 Å². The molecule has 1 aliphatic rings. The lowest BCUT2D eigenvalue weighted by Crippen LogP contribution is -2.38. The minimum Gasteiger partial charge on any atom is -0.393 e. The van der Waals surface area contributed by atoms with Crippen molar-refractivity contribution in [3.05, 3.63) is 29.0 Å². The zero-order valence-corrected chi connectivity index (χ0v) is 11.0. The quantitative estimate of drug-likeness (QED) is 0.885. The van der Waals surface area contributed by atoms with Gasteiger partial charge >= 0.3 is 0 Å². The standard InChI is InChI=1S/C11H13ClFNO3S/c12-9-2-1-3-10(11(9)13)18(16,17)14-6-7-4-8(15)5-7/h1-3,7-8,14-15H,4-6H2. The van der Waals surface area contributed by atoms with E-state index in [1.807, 2.05) is 0 Å². The van der Waals surface area contributed by atoms with E-state index in [2.05, 4.69) is 4.72 Å². The van der Waals surface area contributed by atoms with Crippen LogP contribution in [-0.4, -0.2) is 26.2 Å². The van der Waals surface area contributed by atoms with Crippen LogP contribution >= 0.6 is 11.6 Å². The molecule has 0 unspecified atom stereocenters. The summed E-state index contributed by atoms with van der Waals surface area (Å²) in [7, 11) is -3.89. The van der Waals surface area contributed by atoms with Gasteiger partial charge in [0.2, 0.25) is 10.0 Å². The number of aliphatic hydroxyl groups excluding tert-OH is 1. The van der Waals surface area contributed by atoms with Gasteiger partial charge in [-0.1, -0.05) is 17.7 Å². The zero-order valence-electron chi connectivity index (χ0n) is 9.44. The molecule has 0 aromatic heterocycles. The Kier molecular flexibility index (Phi) is 3.91. The lowest BCUT2D eigenvalue weighted by atomic mass is 9.83. The number of halogens is 2. The molecule has 1 aromatic rings. The Hall–Kier alpha value is -0.690. The Bertz CT molecular complexity index is 543. The monoisotopic (exact) mass is 293 g/mol. The van der Waals surface area contributed by atoms with Crippen LogP contribution in [0.4, 0.5) is 4.39 Å². The summed E-state index contributed by atoms with van der Waals surface area (Å²) in [4.78, 5) is -0.449. The highest BCUT2D eigenvalue weighted by molar-refractivity contribution is 7.89. The molecule has 0 amide bonds. The molecule has 1 saturated carbocycles. The molecule has 1 aliphatic carbocycles. The molecule has 2 N–H and O–H groups in total. The summed E-state index contributed by atoms with van der Waals surface area (Å²) in [6.07, 6.45) is 0.795. The highest BCUT2D eigenvalue weighted by Gasteiger charge is 2.29. The average Bonchev–Trinajstić information content (AvgIpc) is 2.26. The predicted octanol–water partition coefficient (Wildman–Crippen LogP) is 1.53. The number of sulfonamides is 1. The van der Waals surface area contributed by atoms with Crippen molar-refractivity contribution >= 4 is 21.6 Å². The van der Waals surface area contributed by atoms with Crippen LogP contribution in [0.1, 0.15) is 12.8 Å². The van der Waals surface area contributed by atoms with Crippen molar-refractivity contribution in [3.63, 3.8) is 0 Å². The third-order valence-electron chi connectivity index (χ3n) is 2.98. The first-order chi connectivity index (χ1) is 8.40. The summed E-state index contributed by atoms with van der Waals surface area (Å²) in [5.74, 6) is -0.836. The van der Waals surface area contributed by atoms with Gasteiger partial charge in [-0.15, -0.1) is 0 Å². The third kappa shape index (κ3) is 2.83. The van der Waals surface area contributed by atoms with Crippen LogP contribution in [0, 0.1) is 11.7 Å². The Labute approximate surface area is 110 Å². The van der Waals surface area contributed by atoms with Crippen molar-refractivity contribution in [2.45, 2.75) is 23.8 Å². The van der Waals surface area contributed by atoms with Crippen molar-refractivity contribution in [3.8, 4) is 0 Å². The van der Waals surface area contributed by atoms with Gasteiger partial charge in [0.15, 0.2) is 5.82 Å². The topological polar surface area (TPSA) is 66.4 Å². The van der Waals surface area contributed by atoms with E-state index in [-0.39, 0.29) is 23.6 Å². The zero-order chi connectivity index (χ0) is 13.3. The normalized spacial score (nSPS) is 23.7. The van der Waals surface area contributed by atoms with Crippen molar-refractivity contribution in [2.24, 2.45) is 5.92 Å². The van der Waals surface area contributed by atoms with E-state index in [1.54, 1.807) is 0 Å². The molecule has 0 aliphatic heterocycles. The van der Waals surface area contributed by atoms with E-state index in [0.717, 1.165) is 0 Å². The number of aliphatic hydroxyl groups is 1. The van der Waals surface area contributed by atoms with E-state index in [4.69, 9.17) is 16.7 Å². The van der Waals surface area contributed by atoms with Gasteiger partial charge in [0.05, 0.1) is 11.1 Å². The first-order valence-corrected chi connectivity index (χ1v) is 7.38. The maximum absolute atomic E-state index is 13.6. The molecule has 0 radical (unpaired) electrons. The minimum absolute atomic E-state index is 0.108. The van der Waals surface area contributed by atoms with Crippen LogP contribution in [0.3, 0.4) is 0 Å². The minimum atomic E-state index is -3.89. The average molecular weight is 294 g/mol. The molecule has 7 heteroatoms. The van der Waals surface area contributed by atoms with E-state index >= 15 is 0 Å². The molecular weight excluding hydrogens is 281 g/mol. The molecule has 0 heterocycles. The number of benzene rings is 1. The van der Waals surface area contributed by atoms with Crippen molar-refractivity contribution in [2.75, 3.05) is 6.54 Å². The van der Waals surface area contributed by atoms with E-state index in [0.29, 0.717) is 12.8 Å². The Morgan fingerprint density at radius 1 is 1.44 bits per heavy atom. The van der Waals surface area contributed by atoms with E-state index in [1.165, 1.54) is 18.2 Å². The Morgan fingerprint density at radius 2 is 2.11 bits per heavy atom. The molecule has 1 aromatic carbocycles. The summed E-state index contributed by atoms with van der Waals surface area (Å²) in [5.41, 5.74) is 0. The van der Waals surface area contributed by atoms with E-state index in [9.17, 15) is 12.8 Å². The fourth-order valence-electron chi connectivity index (χ4n) is 1.86. The molecule has 1 fully saturated rings. The molecule has 0 bridgehead atoms. The summed E-state index contributed by atoms with van der Waals surface area (Å²) in [6, 6.07) is 3.84. The predicted molar refractivity (Wildman–Crippen MR) is 65.3 cm³/mol. The fraction of sp³-hybridized carbons (Fsp3) is 0.455. The van der Waals surface area contributed by atoms with Gasteiger partial charge in [-0.2, -0.15) is 0 Å². The van der Waals surface area contributed by atoms with Gasteiger partial charge in [-0.05, 0) is 30.9 Å². The van der Waals surface area contributed by atoms with Crippen molar-refractivity contribution in [1.82, 2.24) is 4.72 Å². The van der Waals surface area contributed by atoms with Crippen LogP contribution in [0.5, 0.6) is 0 Å². The fourth-order valence-corrected chi connectivity index (χ4v) is 3.31. The second kappa shape index (κ2) is 5.13. The SMILES string of the molecule is O=S(=O)(NCC1CC(O)C1)c1cccc(Cl)c1F. The molecule has 2 rings (SSSR count). The molecular formula is C11H13ClFNO3S. The summed E-state index contributed by atoms with van der Waals surface area (Å²) in [5, 5.41) is 8.87. The third-order valence-corrected chi connectivity index (χ3v) is 4.71. The number of nitrogens with one attached hydrogen (secondary N) is 1. The van der Waals surface area contributed by atoms with Gasteiger partial charge in [0.25, 0.3) is 0 Å². The summed E-state index contributed by atoms with van der Waals surface area (Å²) < 4.78 is 39.6. The molecule has 0 atom stereocenters. The van der Waals surface area contributed by atoms with Gasteiger partial charge in [0, 0.05) is 6.54 Å². The molecule has 100 valence electrons. The largest absolute Gasteiger partial charge is 0.393 e. The van der Waals surface area contributed by atoms with Crippen LogP contribution < -0.4 is 4.72 Å². The smallest absolute Gasteiger partial charge is 0.243 e. The van der Waals surface area contributed by atoms with Crippen LogP contribution in [-0.2, 0) is 10.0 Å². The second-order valence-electron chi connectivity index (χ2n) is 4.40. The number of hydrogen-bond donors (Lipinski definition) is 2. The number of rotatable bonds is 4. The van der Waals surface area contributed by atoms with Crippen LogP contribution in [0.25, 0.3) is 0 Å². The lowest BCUT2D eigenvalue weighted by Gasteiger charge is -2.31. The lowest BCUT2D eigenvalue weighted by molar-refractivity contribution is 0.0453. The molecule has 0 saturated heterocycles. The molecule has 4 nitrogen and oxygen atoms in total. The highest BCUT2D eigenvalue weighted by atomic mass is 35.5. The Balaban J connectivity index is 2.08. The summed E-state index contributed by atoms with van der Waals surface area (Å²) in [6.45, 7) is 0.200. The van der Waals surface area contributed by atoms with Crippen LogP contribution in [0.15, 0.2) is 23.1 Å². The van der Waals surface area contributed by atoms with Gasteiger partial charge in [0.1, 0.15) is 4.90 Å². The number of hydrogen-bond acceptors (Lipinski definition) is 3.